The first-order chi connectivity index (χ1) is 4.79. The van der Waals surface area contributed by atoms with E-state index in [4.69, 9.17) is 0 Å². The average Bonchev–Trinajstić information content (AvgIpc) is 2.30. The highest BCUT2D eigenvalue weighted by Crippen LogP contribution is 1.83. The molecule has 0 saturated heterocycles. The zero-order valence-corrected chi connectivity index (χ0v) is 6.37. The van der Waals surface area contributed by atoms with E-state index in [1.165, 1.54) is 0 Å². The Kier molecular flexibility index (Phi) is 1.94. The maximum absolute atomic E-state index is 11.2. The molecule has 0 saturated carbocycles. The van der Waals surface area contributed by atoms with Gasteiger partial charge in [-0.15, -0.1) is 0 Å². The summed E-state index contributed by atoms with van der Waals surface area (Å²) in [5, 5.41) is 0. The average molecular weight is 140 g/mol. The Hall–Kier alpha value is -0.990. The third-order valence-electron chi connectivity index (χ3n) is 1.60. The number of aryl methyl sites for hydroxylation is 2. The van der Waals surface area contributed by atoms with Gasteiger partial charge in [-0.1, -0.05) is 0 Å². The lowest BCUT2D eigenvalue weighted by Gasteiger charge is -1.93. The van der Waals surface area contributed by atoms with Gasteiger partial charge in [-0.3, -0.25) is 9.13 Å². The van der Waals surface area contributed by atoms with Crippen molar-refractivity contribution in [2.75, 3.05) is 0 Å². The molecule has 1 aromatic heterocycles. The number of hydrogen-bond acceptors (Lipinski definition) is 1. The van der Waals surface area contributed by atoms with Crippen LogP contribution in [-0.2, 0) is 13.1 Å². The van der Waals surface area contributed by atoms with E-state index in [2.05, 4.69) is 0 Å². The number of nitrogens with zero attached hydrogens (tertiary/aromatic N) is 2. The van der Waals surface area contributed by atoms with Crippen LogP contribution in [0.15, 0.2) is 17.2 Å². The molecule has 0 atom stereocenters. The second kappa shape index (κ2) is 2.73. The van der Waals surface area contributed by atoms with Crippen molar-refractivity contribution in [3.05, 3.63) is 22.9 Å². The van der Waals surface area contributed by atoms with Crippen LogP contribution in [0.3, 0.4) is 0 Å². The Morgan fingerprint density at radius 2 is 1.60 bits per heavy atom. The Morgan fingerprint density at radius 1 is 1.20 bits per heavy atom. The summed E-state index contributed by atoms with van der Waals surface area (Å²) in [5.74, 6) is 0. The summed E-state index contributed by atoms with van der Waals surface area (Å²) in [4.78, 5) is 11.2. The van der Waals surface area contributed by atoms with Gasteiger partial charge in [0.1, 0.15) is 0 Å². The van der Waals surface area contributed by atoms with Crippen LogP contribution in [0.25, 0.3) is 0 Å². The third kappa shape index (κ3) is 0.988. The molecule has 1 heterocycles. The van der Waals surface area contributed by atoms with Crippen LogP contribution < -0.4 is 5.69 Å². The maximum atomic E-state index is 11.2. The monoisotopic (exact) mass is 140 g/mol. The normalized spacial score (nSPS) is 10.2. The Morgan fingerprint density at radius 3 is 1.80 bits per heavy atom. The van der Waals surface area contributed by atoms with Gasteiger partial charge in [0.05, 0.1) is 0 Å². The molecule has 0 unspecified atom stereocenters. The molecule has 56 valence electrons. The van der Waals surface area contributed by atoms with Crippen molar-refractivity contribution in [1.82, 2.24) is 9.13 Å². The number of hydrogen-bond donors (Lipinski definition) is 0. The fraction of sp³-hybridized carbons (Fsp3) is 0.571. The van der Waals surface area contributed by atoms with E-state index < -0.39 is 0 Å². The van der Waals surface area contributed by atoms with Gasteiger partial charge in [0.2, 0.25) is 0 Å². The first kappa shape index (κ1) is 7.12. The lowest BCUT2D eigenvalue weighted by atomic mass is 10.7. The molecular weight excluding hydrogens is 128 g/mol. The number of imidazole rings is 1. The van der Waals surface area contributed by atoms with Crippen LogP contribution in [0.5, 0.6) is 0 Å². The van der Waals surface area contributed by atoms with Gasteiger partial charge in [-0.25, -0.2) is 4.79 Å². The first-order valence-electron chi connectivity index (χ1n) is 3.55. The molecule has 10 heavy (non-hydrogen) atoms. The smallest absolute Gasteiger partial charge is 0.300 e. The highest BCUT2D eigenvalue weighted by Gasteiger charge is 1.96. The number of aromatic nitrogens is 2. The highest BCUT2D eigenvalue weighted by molar-refractivity contribution is 4.80. The molecule has 0 radical (unpaired) electrons. The fourth-order valence-corrected chi connectivity index (χ4v) is 0.935. The van der Waals surface area contributed by atoms with Crippen molar-refractivity contribution in [1.29, 1.82) is 0 Å². The lowest BCUT2D eigenvalue weighted by Crippen LogP contribution is -2.22. The van der Waals surface area contributed by atoms with Gasteiger partial charge in [-0.05, 0) is 13.8 Å². The van der Waals surface area contributed by atoms with Crippen molar-refractivity contribution in [3.63, 3.8) is 0 Å². The van der Waals surface area contributed by atoms with Crippen molar-refractivity contribution in [3.8, 4) is 0 Å². The predicted octanol–water partition coefficient (Wildman–Crippen LogP) is 0.690. The quantitative estimate of drug-likeness (QED) is 0.593. The minimum absolute atomic E-state index is 0.0880. The van der Waals surface area contributed by atoms with E-state index in [1.54, 1.807) is 9.13 Å². The molecule has 0 amide bonds. The summed E-state index contributed by atoms with van der Waals surface area (Å²) in [7, 11) is 0. The van der Waals surface area contributed by atoms with Crippen molar-refractivity contribution < 1.29 is 0 Å². The second-order valence-corrected chi connectivity index (χ2v) is 2.15. The molecule has 0 N–H and O–H groups in total. The summed E-state index contributed by atoms with van der Waals surface area (Å²) in [6.45, 7) is 5.43. The summed E-state index contributed by atoms with van der Waals surface area (Å²) >= 11 is 0. The Balaban J connectivity index is 3.09. The SMILES string of the molecule is CCn1ccn(CC)c1=O. The molecule has 0 aliphatic heterocycles. The molecule has 0 aliphatic carbocycles. The van der Waals surface area contributed by atoms with Crippen LogP contribution in [0.2, 0.25) is 0 Å². The zero-order valence-electron chi connectivity index (χ0n) is 6.37. The van der Waals surface area contributed by atoms with E-state index >= 15 is 0 Å². The second-order valence-electron chi connectivity index (χ2n) is 2.15. The molecule has 1 aromatic rings. The standard InChI is InChI=1S/C7H12N2O/c1-3-8-5-6-9(4-2)7(8)10/h5-6H,3-4H2,1-2H3. The van der Waals surface area contributed by atoms with Crippen LogP contribution in [-0.4, -0.2) is 9.13 Å². The Labute approximate surface area is 59.9 Å². The van der Waals surface area contributed by atoms with E-state index in [-0.39, 0.29) is 5.69 Å². The molecule has 1 rings (SSSR count). The fourth-order valence-electron chi connectivity index (χ4n) is 0.935. The largest absolute Gasteiger partial charge is 0.328 e. The van der Waals surface area contributed by atoms with Gasteiger partial charge < -0.3 is 0 Å². The van der Waals surface area contributed by atoms with Gasteiger partial charge in [0.15, 0.2) is 0 Å². The first-order valence-corrected chi connectivity index (χ1v) is 3.55. The molecule has 0 spiro atoms. The summed E-state index contributed by atoms with van der Waals surface area (Å²) in [6, 6.07) is 0. The zero-order chi connectivity index (χ0) is 7.56. The lowest BCUT2D eigenvalue weighted by molar-refractivity contribution is 0.655. The molecular formula is C7H12N2O. The summed E-state index contributed by atoms with van der Waals surface area (Å²) in [5.41, 5.74) is 0.0880. The molecule has 0 fully saturated rings. The number of rotatable bonds is 2. The molecule has 0 aliphatic rings. The van der Waals surface area contributed by atoms with Crippen LogP contribution >= 0.6 is 0 Å². The summed E-state index contributed by atoms with van der Waals surface area (Å²) in [6.07, 6.45) is 3.62. The third-order valence-corrected chi connectivity index (χ3v) is 1.60. The topological polar surface area (TPSA) is 26.9 Å². The van der Waals surface area contributed by atoms with Crippen molar-refractivity contribution in [2.24, 2.45) is 0 Å². The van der Waals surface area contributed by atoms with E-state index in [0.717, 1.165) is 13.1 Å². The Bertz CT molecular complexity index is 234. The van der Waals surface area contributed by atoms with Crippen LogP contribution in [0.4, 0.5) is 0 Å². The van der Waals surface area contributed by atoms with Crippen molar-refractivity contribution >= 4 is 0 Å². The van der Waals surface area contributed by atoms with E-state index in [0.29, 0.717) is 0 Å². The van der Waals surface area contributed by atoms with E-state index in [9.17, 15) is 4.79 Å². The van der Waals surface area contributed by atoms with Crippen LogP contribution in [0, 0.1) is 0 Å². The molecule has 3 heteroatoms. The minimum atomic E-state index is 0.0880. The van der Waals surface area contributed by atoms with Crippen molar-refractivity contribution in [2.45, 2.75) is 26.9 Å². The minimum Gasteiger partial charge on any atom is -0.300 e. The maximum Gasteiger partial charge on any atom is 0.328 e. The van der Waals surface area contributed by atoms with Gasteiger partial charge in [0.25, 0.3) is 0 Å². The van der Waals surface area contributed by atoms with Gasteiger partial charge in [0, 0.05) is 25.5 Å². The molecule has 0 bridgehead atoms. The summed E-state index contributed by atoms with van der Waals surface area (Å²) < 4.78 is 3.37. The van der Waals surface area contributed by atoms with Crippen LogP contribution in [0.1, 0.15) is 13.8 Å². The van der Waals surface area contributed by atoms with E-state index in [1.807, 2.05) is 26.2 Å². The molecule has 0 aromatic carbocycles. The highest BCUT2D eigenvalue weighted by atomic mass is 16.1. The predicted molar refractivity (Wildman–Crippen MR) is 40.0 cm³/mol. The van der Waals surface area contributed by atoms with Gasteiger partial charge >= 0.3 is 5.69 Å². The van der Waals surface area contributed by atoms with Gasteiger partial charge in [-0.2, -0.15) is 0 Å². The molecule has 3 nitrogen and oxygen atoms in total.